The Balaban J connectivity index is 1.10. The van der Waals surface area contributed by atoms with Crippen molar-refractivity contribution in [2.75, 3.05) is 0 Å². The molecule has 1 nitrogen and oxygen atoms in total. The molecule has 0 spiro atoms. The summed E-state index contributed by atoms with van der Waals surface area (Å²) in [4.78, 5) is 0. The number of benzene rings is 10. The van der Waals surface area contributed by atoms with Gasteiger partial charge in [-0.15, -0.1) is 0 Å². The zero-order valence-electron chi connectivity index (χ0n) is 27.7. The smallest absolute Gasteiger partial charge is 0.136 e. The van der Waals surface area contributed by atoms with Crippen LogP contribution in [0.4, 0.5) is 0 Å². The van der Waals surface area contributed by atoms with Gasteiger partial charge in [-0.3, -0.25) is 0 Å². The van der Waals surface area contributed by atoms with Crippen LogP contribution in [0.25, 0.3) is 109 Å². The van der Waals surface area contributed by atoms with Crippen LogP contribution in [0.3, 0.4) is 0 Å². The molecule has 1 aromatic heterocycles. The lowest BCUT2D eigenvalue weighted by atomic mass is 9.85. The molecule has 1 heteroatoms. The van der Waals surface area contributed by atoms with Gasteiger partial charge in [0, 0.05) is 10.8 Å². The molecule has 0 saturated carbocycles. The van der Waals surface area contributed by atoms with Crippen LogP contribution >= 0.6 is 0 Å². The largest absolute Gasteiger partial charge is 0.456 e. The molecule has 0 saturated heterocycles. The molecule has 236 valence electrons. The van der Waals surface area contributed by atoms with Crippen LogP contribution in [0.5, 0.6) is 0 Å². The Bertz CT molecular complexity index is 3140. The molecule has 0 fully saturated rings. The highest BCUT2D eigenvalue weighted by Gasteiger charge is 2.19. The van der Waals surface area contributed by atoms with E-state index < -0.39 is 0 Å². The first kappa shape index (κ1) is 28.2. The summed E-state index contributed by atoms with van der Waals surface area (Å²) >= 11 is 0. The van der Waals surface area contributed by atoms with Crippen LogP contribution in [0.2, 0.25) is 0 Å². The van der Waals surface area contributed by atoms with Gasteiger partial charge in [0.25, 0.3) is 0 Å². The first-order valence-electron chi connectivity index (χ1n) is 17.6. The van der Waals surface area contributed by atoms with Crippen molar-refractivity contribution in [1.82, 2.24) is 0 Å². The minimum Gasteiger partial charge on any atom is -0.456 e. The first-order valence-corrected chi connectivity index (χ1v) is 17.6. The number of fused-ring (bicyclic) bond motifs is 9. The minimum atomic E-state index is 0.912. The Kier molecular flexibility index (Phi) is 6.02. The Labute approximate surface area is 294 Å². The predicted octanol–water partition coefficient (Wildman–Crippen LogP) is 14.4. The van der Waals surface area contributed by atoms with E-state index in [-0.39, 0.29) is 0 Å². The van der Waals surface area contributed by atoms with E-state index in [0.717, 1.165) is 16.6 Å². The van der Waals surface area contributed by atoms with Crippen LogP contribution in [0.1, 0.15) is 0 Å². The van der Waals surface area contributed by atoms with Gasteiger partial charge in [0.05, 0.1) is 0 Å². The van der Waals surface area contributed by atoms with Gasteiger partial charge in [-0.1, -0.05) is 146 Å². The highest BCUT2D eigenvalue weighted by Crippen LogP contribution is 2.46. The fraction of sp³-hybridized carbons (Fsp3) is 0. The van der Waals surface area contributed by atoms with Crippen molar-refractivity contribution in [3.8, 4) is 33.4 Å². The number of hydrogen-bond acceptors (Lipinski definition) is 1. The molecule has 0 atom stereocenters. The molecule has 0 radical (unpaired) electrons. The minimum absolute atomic E-state index is 0.912. The lowest BCUT2D eigenvalue weighted by Crippen LogP contribution is -1.91. The fourth-order valence-electron chi connectivity index (χ4n) is 8.40. The van der Waals surface area contributed by atoms with Crippen LogP contribution in [0.15, 0.2) is 186 Å². The van der Waals surface area contributed by atoms with E-state index in [2.05, 4.69) is 182 Å². The SMILES string of the molecule is c1ccc2cc(-c3ccc4cc(-c5c6ccccc6c(-c6ccc7oc8ccc9ccccc9c8c7c6)c6ccccc56)ccc4c3)ccc2c1. The maximum absolute atomic E-state index is 6.39. The molecule has 11 aromatic rings. The summed E-state index contributed by atoms with van der Waals surface area (Å²) in [6.45, 7) is 0. The van der Waals surface area contributed by atoms with E-state index in [9.17, 15) is 0 Å². The van der Waals surface area contributed by atoms with E-state index in [0.29, 0.717) is 0 Å². The van der Waals surface area contributed by atoms with Crippen LogP contribution in [-0.2, 0) is 0 Å². The Morgan fingerprint density at radius 3 is 1.31 bits per heavy atom. The molecular weight excluding hydrogens is 617 g/mol. The third-order valence-corrected chi connectivity index (χ3v) is 10.8. The highest BCUT2D eigenvalue weighted by atomic mass is 16.3. The number of rotatable bonds is 3. The normalized spacial score (nSPS) is 11.9. The molecular formula is C50H30O. The standard InChI is InChI=1S/C50H30O/c1-2-11-33-27-34(18-17-31(33)9-1)35-19-20-37-29-38(22-21-36(37)28-35)48-41-13-5-7-15-43(41)49(44-16-8-6-14-42(44)48)39-24-25-46-45(30-39)50-40-12-4-3-10-32(40)23-26-47(50)51-46/h1-30H. The summed E-state index contributed by atoms with van der Waals surface area (Å²) in [5, 5.41) is 14.8. The predicted molar refractivity (Wildman–Crippen MR) is 218 cm³/mol. The lowest BCUT2D eigenvalue weighted by molar-refractivity contribution is 0.669. The van der Waals surface area contributed by atoms with Gasteiger partial charge in [-0.25, -0.2) is 0 Å². The molecule has 0 amide bonds. The Morgan fingerprint density at radius 1 is 0.255 bits per heavy atom. The van der Waals surface area contributed by atoms with Crippen molar-refractivity contribution < 1.29 is 4.42 Å². The third kappa shape index (κ3) is 4.35. The second kappa shape index (κ2) is 10.9. The number of hydrogen-bond donors (Lipinski definition) is 0. The quantitative estimate of drug-likeness (QED) is 0.174. The van der Waals surface area contributed by atoms with E-state index >= 15 is 0 Å². The Morgan fingerprint density at radius 2 is 0.667 bits per heavy atom. The van der Waals surface area contributed by atoms with Crippen molar-refractivity contribution in [2.45, 2.75) is 0 Å². The number of furan rings is 1. The molecule has 51 heavy (non-hydrogen) atoms. The van der Waals surface area contributed by atoms with Crippen molar-refractivity contribution >= 4 is 75.8 Å². The van der Waals surface area contributed by atoms with E-state index in [1.165, 1.54) is 92.6 Å². The summed E-state index contributed by atoms with van der Waals surface area (Å²) in [7, 11) is 0. The zero-order chi connectivity index (χ0) is 33.5. The summed E-state index contributed by atoms with van der Waals surface area (Å²) in [6.07, 6.45) is 0. The van der Waals surface area contributed by atoms with E-state index in [4.69, 9.17) is 4.42 Å². The molecule has 0 aliphatic carbocycles. The summed E-state index contributed by atoms with van der Waals surface area (Å²) in [5.74, 6) is 0. The molecule has 1 heterocycles. The molecule has 11 rings (SSSR count). The summed E-state index contributed by atoms with van der Waals surface area (Å²) < 4.78 is 6.39. The molecule has 0 unspecified atom stereocenters. The molecule has 10 aromatic carbocycles. The van der Waals surface area contributed by atoms with Gasteiger partial charge in [-0.2, -0.15) is 0 Å². The maximum atomic E-state index is 6.39. The zero-order valence-corrected chi connectivity index (χ0v) is 27.7. The molecule has 0 aliphatic rings. The van der Waals surface area contributed by atoms with Gasteiger partial charge in [0.15, 0.2) is 0 Å². The monoisotopic (exact) mass is 646 g/mol. The van der Waals surface area contributed by atoms with Crippen molar-refractivity contribution in [3.63, 3.8) is 0 Å². The lowest BCUT2D eigenvalue weighted by Gasteiger charge is -2.18. The van der Waals surface area contributed by atoms with Crippen molar-refractivity contribution in [1.29, 1.82) is 0 Å². The third-order valence-electron chi connectivity index (χ3n) is 10.8. The Hall–Kier alpha value is -6.70. The topological polar surface area (TPSA) is 13.1 Å². The van der Waals surface area contributed by atoms with Crippen LogP contribution < -0.4 is 0 Å². The van der Waals surface area contributed by atoms with Crippen LogP contribution in [0, 0.1) is 0 Å². The average Bonchev–Trinajstić information content (AvgIpc) is 3.58. The first-order chi connectivity index (χ1) is 25.3. The van der Waals surface area contributed by atoms with Crippen LogP contribution in [-0.4, -0.2) is 0 Å². The van der Waals surface area contributed by atoms with E-state index in [1.54, 1.807) is 0 Å². The van der Waals surface area contributed by atoms with Gasteiger partial charge in [0.1, 0.15) is 11.2 Å². The molecule has 0 aliphatic heterocycles. The second-order valence-electron chi connectivity index (χ2n) is 13.7. The van der Waals surface area contributed by atoms with E-state index in [1.807, 2.05) is 0 Å². The highest BCUT2D eigenvalue weighted by molar-refractivity contribution is 6.24. The second-order valence-corrected chi connectivity index (χ2v) is 13.7. The van der Waals surface area contributed by atoms with Gasteiger partial charge >= 0.3 is 0 Å². The fourth-order valence-corrected chi connectivity index (χ4v) is 8.40. The average molecular weight is 647 g/mol. The molecule has 0 bridgehead atoms. The van der Waals surface area contributed by atoms with Gasteiger partial charge < -0.3 is 4.42 Å². The van der Waals surface area contributed by atoms with Crippen molar-refractivity contribution in [2.24, 2.45) is 0 Å². The summed E-state index contributed by atoms with van der Waals surface area (Å²) in [6, 6.07) is 66.4. The summed E-state index contributed by atoms with van der Waals surface area (Å²) in [5.41, 5.74) is 9.24. The van der Waals surface area contributed by atoms with Gasteiger partial charge in [0.2, 0.25) is 0 Å². The maximum Gasteiger partial charge on any atom is 0.136 e. The van der Waals surface area contributed by atoms with Crippen molar-refractivity contribution in [3.05, 3.63) is 182 Å². The molecule has 0 N–H and O–H groups in total. The van der Waals surface area contributed by atoms with Gasteiger partial charge in [-0.05, 0) is 124 Å².